The van der Waals surface area contributed by atoms with E-state index < -0.39 is 12.7 Å². The largest absolute Gasteiger partial charge is 0.435 e. The van der Waals surface area contributed by atoms with Crippen molar-refractivity contribution in [2.75, 3.05) is 46.4 Å². The summed E-state index contributed by atoms with van der Waals surface area (Å²) in [5.74, 6) is 0.690. The second kappa shape index (κ2) is 12.6. The molecule has 1 aromatic carbocycles. The average Bonchev–Trinajstić information content (AvgIpc) is 3.53. The molecule has 2 rings (SSSR count). The Labute approximate surface area is 171 Å². The highest BCUT2D eigenvalue weighted by molar-refractivity contribution is 5.79. The van der Waals surface area contributed by atoms with E-state index in [0.717, 1.165) is 26.2 Å². The molecule has 7 nitrogen and oxygen atoms in total. The van der Waals surface area contributed by atoms with E-state index >= 15 is 0 Å². The van der Waals surface area contributed by atoms with E-state index in [4.69, 9.17) is 4.74 Å². The Hall–Kier alpha value is -1.97. The summed E-state index contributed by atoms with van der Waals surface area (Å²) in [5, 5.41) is 16.8. The molecule has 0 aromatic heterocycles. The Morgan fingerprint density at radius 3 is 2.55 bits per heavy atom. The average molecular weight is 414 g/mol. The summed E-state index contributed by atoms with van der Waals surface area (Å²) < 4.78 is 33.9. The van der Waals surface area contributed by atoms with Crippen molar-refractivity contribution in [2.45, 2.75) is 38.5 Å². The van der Waals surface area contributed by atoms with Crippen LogP contribution < -0.4 is 15.4 Å². The van der Waals surface area contributed by atoms with Gasteiger partial charge in [-0.05, 0) is 37.5 Å². The quantitative estimate of drug-likeness (QED) is 0.339. The van der Waals surface area contributed by atoms with Crippen LogP contribution in [0.3, 0.4) is 0 Å². The number of ether oxygens (including phenoxy) is 2. The first-order chi connectivity index (χ1) is 14.0. The highest BCUT2D eigenvalue weighted by atomic mass is 19.3. The van der Waals surface area contributed by atoms with Crippen LogP contribution in [0.1, 0.15) is 31.4 Å². The first-order valence-electron chi connectivity index (χ1n) is 10.0. The van der Waals surface area contributed by atoms with Gasteiger partial charge in [-0.25, -0.2) is 0 Å². The molecule has 0 saturated heterocycles. The number of halogens is 2. The molecule has 0 radical (unpaired) electrons. The predicted octanol–water partition coefficient (Wildman–Crippen LogP) is 1.99. The molecule has 1 aliphatic rings. The van der Waals surface area contributed by atoms with Crippen LogP contribution in [0.15, 0.2) is 29.3 Å². The third-order valence-corrected chi connectivity index (χ3v) is 4.59. The van der Waals surface area contributed by atoms with Gasteiger partial charge in [0.15, 0.2) is 5.96 Å². The lowest BCUT2D eigenvalue weighted by molar-refractivity contribution is -0.0498. The Bertz CT molecular complexity index is 612. The number of aliphatic imine (C=N–C) groups is 1. The van der Waals surface area contributed by atoms with Gasteiger partial charge in [0.2, 0.25) is 0 Å². The molecule has 1 unspecified atom stereocenters. The lowest BCUT2D eigenvalue weighted by atomic mass is 10.1. The van der Waals surface area contributed by atoms with E-state index in [0.29, 0.717) is 24.1 Å². The SMILES string of the molecule is CCNC(=NCC(O)c1ccc(OC(F)F)cc1)NCCN(CCOC)C1CC1. The van der Waals surface area contributed by atoms with Crippen LogP contribution in [-0.4, -0.2) is 75.1 Å². The molecule has 0 heterocycles. The number of nitrogens with one attached hydrogen (secondary N) is 2. The summed E-state index contributed by atoms with van der Waals surface area (Å²) >= 11 is 0. The van der Waals surface area contributed by atoms with Crippen molar-refractivity contribution < 1.29 is 23.4 Å². The van der Waals surface area contributed by atoms with E-state index in [-0.39, 0.29) is 12.3 Å². The van der Waals surface area contributed by atoms with Gasteiger partial charge >= 0.3 is 6.61 Å². The summed E-state index contributed by atoms with van der Waals surface area (Å²) in [7, 11) is 1.71. The minimum Gasteiger partial charge on any atom is -0.435 e. The Balaban J connectivity index is 1.82. The Kier molecular flexibility index (Phi) is 10.1. The number of methoxy groups -OCH3 is 1. The van der Waals surface area contributed by atoms with Gasteiger partial charge < -0.3 is 25.2 Å². The van der Waals surface area contributed by atoms with Gasteiger partial charge in [0, 0.05) is 39.3 Å². The van der Waals surface area contributed by atoms with Crippen LogP contribution in [0.5, 0.6) is 5.75 Å². The van der Waals surface area contributed by atoms with Crippen molar-refractivity contribution in [2.24, 2.45) is 4.99 Å². The molecule has 1 saturated carbocycles. The van der Waals surface area contributed by atoms with Crippen LogP contribution in [0.2, 0.25) is 0 Å². The van der Waals surface area contributed by atoms with Crippen molar-refractivity contribution in [1.82, 2.24) is 15.5 Å². The Morgan fingerprint density at radius 1 is 1.24 bits per heavy atom. The monoisotopic (exact) mass is 414 g/mol. The number of guanidine groups is 1. The topological polar surface area (TPSA) is 78.4 Å². The molecule has 164 valence electrons. The van der Waals surface area contributed by atoms with Crippen LogP contribution in [0.25, 0.3) is 0 Å². The number of benzene rings is 1. The number of aliphatic hydroxyl groups excluding tert-OH is 1. The molecule has 29 heavy (non-hydrogen) atoms. The normalized spacial score (nSPS) is 15.6. The van der Waals surface area contributed by atoms with E-state index in [2.05, 4.69) is 25.3 Å². The summed E-state index contributed by atoms with van der Waals surface area (Å²) in [4.78, 5) is 6.84. The van der Waals surface area contributed by atoms with Crippen molar-refractivity contribution >= 4 is 5.96 Å². The fraction of sp³-hybridized carbons (Fsp3) is 0.650. The number of rotatable bonds is 13. The molecule has 0 aliphatic heterocycles. The number of alkyl halides is 2. The lowest BCUT2D eigenvalue weighted by Gasteiger charge is -2.22. The minimum absolute atomic E-state index is 0.0585. The number of hydrogen-bond donors (Lipinski definition) is 3. The van der Waals surface area contributed by atoms with Crippen molar-refractivity contribution in [1.29, 1.82) is 0 Å². The maximum Gasteiger partial charge on any atom is 0.387 e. The molecule has 1 fully saturated rings. The van der Waals surface area contributed by atoms with Gasteiger partial charge in [0.05, 0.1) is 19.3 Å². The summed E-state index contributed by atoms with van der Waals surface area (Å²) in [6, 6.07) is 6.59. The zero-order valence-electron chi connectivity index (χ0n) is 17.1. The maximum absolute atomic E-state index is 12.2. The van der Waals surface area contributed by atoms with Gasteiger partial charge in [-0.15, -0.1) is 0 Å². The van der Waals surface area contributed by atoms with E-state index in [9.17, 15) is 13.9 Å². The molecule has 1 aliphatic carbocycles. The van der Waals surface area contributed by atoms with E-state index in [1.54, 1.807) is 19.2 Å². The van der Waals surface area contributed by atoms with Crippen LogP contribution in [0.4, 0.5) is 8.78 Å². The molecule has 1 aromatic rings. The lowest BCUT2D eigenvalue weighted by Crippen LogP contribution is -2.43. The smallest absolute Gasteiger partial charge is 0.387 e. The van der Waals surface area contributed by atoms with Gasteiger partial charge in [-0.1, -0.05) is 12.1 Å². The zero-order valence-corrected chi connectivity index (χ0v) is 17.1. The molecular formula is C20H32F2N4O3. The third-order valence-electron chi connectivity index (χ3n) is 4.59. The van der Waals surface area contributed by atoms with Gasteiger partial charge in [-0.3, -0.25) is 9.89 Å². The highest BCUT2D eigenvalue weighted by Crippen LogP contribution is 2.26. The molecule has 3 N–H and O–H groups in total. The minimum atomic E-state index is -2.87. The second-order valence-electron chi connectivity index (χ2n) is 6.87. The first kappa shape index (κ1) is 23.3. The summed E-state index contributed by atoms with van der Waals surface area (Å²) in [6.07, 6.45) is 1.65. The standard InChI is InChI=1S/C20H32F2N4O3/c1-3-23-20(24-10-11-26(12-13-28-2)16-6-7-16)25-14-18(27)15-4-8-17(9-5-15)29-19(21)22/h4-5,8-9,16,18-19,27H,3,6-7,10-14H2,1-2H3,(H2,23,24,25). The van der Waals surface area contributed by atoms with Gasteiger partial charge in [0.1, 0.15) is 5.75 Å². The fourth-order valence-electron chi connectivity index (χ4n) is 2.94. The summed E-state index contributed by atoms with van der Waals surface area (Å²) in [5.41, 5.74) is 0.589. The van der Waals surface area contributed by atoms with Crippen molar-refractivity contribution in [3.8, 4) is 5.75 Å². The van der Waals surface area contributed by atoms with Crippen LogP contribution in [-0.2, 0) is 4.74 Å². The van der Waals surface area contributed by atoms with Gasteiger partial charge in [-0.2, -0.15) is 8.78 Å². The van der Waals surface area contributed by atoms with Crippen molar-refractivity contribution in [3.05, 3.63) is 29.8 Å². The molecule has 1 atom stereocenters. The second-order valence-corrected chi connectivity index (χ2v) is 6.87. The molecule has 0 amide bonds. The third kappa shape index (κ3) is 8.93. The number of nitrogens with zero attached hydrogens (tertiary/aromatic N) is 2. The molecule has 0 bridgehead atoms. The number of aliphatic hydroxyl groups is 1. The zero-order chi connectivity index (χ0) is 21.1. The van der Waals surface area contributed by atoms with Gasteiger partial charge in [0.25, 0.3) is 0 Å². The first-order valence-corrected chi connectivity index (χ1v) is 10.0. The van der Waals surface area contributed by atoms with Crippen LogP contribution >= 0.6 is 0 Å². The van der Waals surface area contributed by atoms with Crippen molar-refractivity contribution in [3.63, 3.8) is 0 Å². The highest BCUT2D eigenvalue weighted by Gasteiger charge is 2.28. The Morgan fingerprint density at radius 2 is 1.97 bits per heavy atom. The number of hydrogen-bond acceptors (Lipinski definition) is 5. The van der Waals surface area contributed by atoms with Crippen LogP contribution in [0, 0.1) is 0 Å². The molecular weight excluding hydrogens is 382 g/mol. The predicted molar refractivity (Wildman–Crippen MR) is 108 cm³/mol. The summed E-state index contributed by atoms with van der Waals surface area (Å²) in [6.45, 7) is 3.24. The van der Waals surface area contributed by atoms with E-state index in [1.807, 2.05) is 6.92 Å². The van der Waals surface area contributed by atoms with E-state index in [1.165, 1.54) is 25.0 Å². The molecule has 9 heteroatoms. The molecule has 0 spiro atoms. The maximum atomic E-state index is 12.2. The fourth-order valence-corrected chi connectivity index (χ4v) is 2.94.